The zero-order valence-electron chi connectivity index (χ0n) is 11.3. The SMILES string of the molecule is CCC(=O)c1ccccc1OCc1nccn1CC. The van der Waals surface area contributed by atoms with Crippen molar-refractivity contribution in [2.75, 3.05) is 0 Å². The molecule has 19 heavy (non-hydrogen) atoms. The normalized spacial score (nSPS) is 10.4. The molecule has 0 bridgehead atoms. The van der Waals surface area contributed by atoms with Gasteiger partial charge in [0, 0.05) is 25.4 Å². The highest BCUT2D eigenvalue weighted by Crippen LogP contribution is 2.20. The van der Waals surface area contributed by atoms with E-state index in [1.54, 1.807) is 12.3 Å². The Morgan fingerprint density at radius 2 is 2.11 bits per heavy atom. The van der Waals surface area contributed by atoms with Crippen molar-refractivity contribution >= 4 is 5.78 Å². The van der Waals surface area contributed by atoms with E-state index in [0.717, 1.165) is 12.4 Å². The van der Waals surface area contributed by atoms with Crippen LogP contribution in [0.4, 0.5) is 0 Å². The Kier molecular flexibility index (Phi) is 4.34. The van der Waals surface area contributed by atoms with E-state index in [4.69, 9.17) is 4.74 Å². The van der Waals surface area contributed by atoms with E-state index in [-0.39, 0.29) is 5.78 Å². The van der Waals surface area contributed by atoms with E-state index in [9.17, 15) is 4.79 Å². The number of aryl methyl sites for hydroxylation is 1. The fourth-order valence-corrected chi connectivity index (χ4v) is 1.92. The van der Waals surface area contributed by atoms with Gasteiger partial charge in [0.25, 0.3) is 0 Å². The van der Waals surface area contributed by atoms with Crippen LogP contribution in [0.5, 0.6) is 5.75 Å². The molecule has 1 aromatic carbocycles. The number of Topliss-reactive ketones (excluding diaryl/α,β-unsaturated/α-hetero) is 1. The van der Waals surface area contributed by atoms with Crippen molar-refractivity contribution in [2.45, 2.75) is 33.4 Å². The molecular formula is C15H18N2O2. The number of carbonyl (C=O) groups excluding carboxylic acids is 1. The molecule has 0 spiro atoms. The molecule has 4 nitrogen and oxygen atoms in total. The van der Waals surface area contributed by atoms with Crippen LogP contribution in [0.1, 0.15) is 36.5 Å². The molecule has 1 heterocycles. The van der Waals surface area contributed by atoms with Crippen molar-refractivity contribution < 1.29 is 9.53 Å². The molecule has 0 fully saturated rings. The first-order valence-electron chi connectivity index (χ1n) is 6.51. The van der Waals surface area contributed by atoms with Gasteiger partial charge in [0.15, 0.2) is 5.78 Å². The lowest BCUT2D eigenvalue weighted by atomic mass is 10.1. The summed E-state index contributed by atoms with van der Waals surface area (Å²) in [6, 6.07) is 7.34. The number of rotatable bonds is 6. The van der Waals surface area contributed by atoms with Crippen LogP contribution in [0.3, 0.4) is 0 Å². The largest absolute Gasteiger partial charge is 0.485 e. The molecule has 0 aliphatic carbocycles. The Balaban J connectivity index is 2.14. The summed E-state index contributed by atoms with van der Waals surface area (Å²) in [6.07, 6.45) is 4.15. The molecule has 1 aromatic heterocycles. The van der Waals surface area contributed by atoms with Crippen LogP contribution in [-0.2, 0) is 13.2 Å². The molecule has 2 rings (SSSR count). The topological polar surface area (TPSA) is 44.1 Å². The maximum Gasteiger partial charge on any atom is 0.166 e. The monoisotopic (exact) mass is 258 g/mol. The molecule has 2 aromatic rings. The second kappa shape index (κ2) is 6.18. The van der Waals surface area contributed by atoms with Crippen molar-refractivity contribution in [2.24, 2.45) is 0 Å². The second-order valence-corrected chi connectivity index (χ2v) is 4.19. The van der Waals surface area contributed by atoms with Gasteiger partial charge < -0.3 is 9.30 Å². The van der Waals surface area contributed by atoms with Crippen LogP contribution in [0.2, 0.25) is 0 Å². The van der Waals surface area contributed by atoms with Gasteiger partial charge in [-0.15, -0.1) is 0 Å². The van der Waals surface area contributed by atoms with E-state index in [0.29, 0.717) is 24.3 Å². The van der Waals surface area contributed by atoms with Crippen LogP contribution < -0.4 is 4.74 Å². The van der Waals surface area contributed by atoms with Crippen LogP contribution >= 0.6 is 0 Å². The van der Waals surface area contributed by atoms with Crippen molar-refractivity contribution in [3.63, 3.8) is 0 Å². The maximum absolute atomic E-state index is 11.8. The van der Waals surface area contributed by atoms with E-state index < -0.39 is 0 Å². The van der Waals surface area contributed by atoms with E-state index in [2.05, 4.69) is 11.9 Å². The minimum atomic E-state index is 0.0921. The Morgan fingerprint density at radius 3 is 2.84 bits per heavy atom. The molecule has 100 valence electrons. The summed E-state index contributed by atoms with van der Waals surface area (Å²) < 4.78 is 7.76. The van der Waals surface area contributed by atoms with Crippen molar-refractivity contribution in [3.05, 3.63) is 48.0 Å². The molecule has 0 atom stereocenters. The Labute approximate surface area is 113 Å². The number of nitrogens with zero attached hydrogens (tertiary/aromatic N) is 2. The number of imidazole rings is 1. The van der Waals surface area contributed by atoms with Gasteiger partial charge in [-0.05, 0) is 19.1 Å². The fourth-order valence-electron chi connectivity index (χ4n) is 1.92. The average Bonchev–Trinajstić information content (AvgIpc) is 2.92. The Bertz CT molecular complexity index is 561. The molecule has 0 aliphatic rings. The van der Waals surface area contributed by atoms with Crippen molar-refractivity contribution in [3.8, 4) is 5.75 Å². The molecule has 0 saturated heterocycles. The highest BCUT2D eigenvalue weighted by Gasteiger charge is 2.11. The lowest BCUT2D eigenvalue weighted by Gasteiger charge is -2.10. The summed E-state index contributed by atoms with van der Waals surface area (Å²) in [4.78, 5) is 16.1. The summed E-state index contributed by atoms with van der Waals surface area (Å²) in [7, 11) is 0. The zero-order chi connectivity index (χ0) is 13.7. The Morgan fingerprint density at radius 1 is 1.32 bits per heavy atom. The van der Waals surface area contributed by atoms with E-state index in [1.807, 2.05) is 35.9 Å². The number of hydrogen-bond donors (Lipinski definition) is 0. The summed E-state index contributed by atoms with van der Waals surface area (Å²) in [5.74, 6) is 1.58. The third-order valence-corrected chi connectivity index (χ3v) is 3.01. The maximum atomic E-state index is 11.8. The van der Waals surface area contributed by atoms with Gasteiger partial charge >= 0.3 is 0 Å². The van der Waals surface area contributed by atoms with Crippen LogP contribution in [0, 0.1) is 0 Å². The molecule has 0 N–H and O–H groups in total. The first-order chi connectivity index (χ1) is 9.26. The van der Waals surface area contributed by atoms with Gasteiger partial charge in [-0.1, -0.05) is 19.1 Å². The predicted molar refractivity (Wildman–Crippen MR) is 73.3 cm³/mol. The predicted octanol–water partition coefficient (Wildman–Crippen LogP) is 3.07. The smallest absolute Gasteiger partial charge is 0.166 e. The number of hydrogen-bond acceptors (Lipinski definition) is 3. The quantitative estimate of drug-likeness (QED) is 0.748. The van der Waals surface area contributed by atoms with Gasteiger partial charge in [0.05, 0.1) is 5.56 Å². The van der Waals surface area contributed by atoms with Crippen LogP contribution in [-0.4, -0.2) is 15.3 Å². The highest BCUT2D eigenvalue weighted by atomic mass is 16.5. The second-order valence-electron chi connectivity index (χ2n) is 4.19. The zero-order valence-corrected chi connectivity index (χ0v) is 11.3. The minimum Gasteiger partial charge on any atom is -0.485 e. The molecular weight excluding hydrogens is 240 g/mol. The lowest BCUT2D eigenvalue weighted by Crippen LogP contribution is -2.07. The van der Waals surface area contributed by atoms with Gasteiger partial charge in [-0.25, -0.2) is 4.98 Å². The number of ketones is 1. The summed E-state index contributed by atoms with van der Waals surface area (Å²) in [5.41, 5.74) is 0.639. The third kappa shape index (κ3) is 3.02. The van der Waals surface area contributed by atoms with E-state index in [1.165, 1.54) is 0 Å². The van der Waals surface area contributed by atoms with Crippen molar-refractivity contribution in [1.82, 2.24) is 9.55 Å². The first-order valence-corrected chi connectivity index (χ1v) is 6.51. The summed E-state index contributed by atoms with van der Waals surface area (Å²) in [5, 5.41) is 0. The van der Waals surface area contributed by atoms with Gasteiger partial charge in [-0.2, -0.15) is 0 Å². The van der Waals surface area contributed by atoms with Gasteiger partial charge in [-0.3, -0.25) is 4.79 Å². The van der Waals surface area contributed by atoms with Gasteiger partial charge in [0.2, 0.25) is 0 Å². The van der Waals surface area contributed by atoms with Crippen LogP contribution in [0.15, 0.2) is 36.7 Å². The highest BCUT2D eigenvalue weighted by molar-refractivity contribution is 5.98. The fraction of sp³-hybridized carbons (Fsp3) is 0.333. The third-order valence-electron chi connectivity index (χ3n) is 3.01. The molecule has 0 saturated carbocycles. The lowest BCUT2D eigenvalue weighted by molar-refractivity contribution is 0.0983. The number of ether oxygens (including phenoxy) is 1. The van der Waals surface area contributed by atoms with Crippen LogP contribution in [0.25, 0.3) is 0 Å². The number of benzene rings is 1. The van der Waals surface area contributed by atoms with Gasteiger partial charge in [0.1, 0.15) is 18.2 Å². The average molecular weight is 258 g/mol. The number of carbonyl (C=O) groups is 1. The molecule has 4 heteroatoms. The van der Waals surface area contributed by atoms with Crippen molar-refractivity contribution in [1.29, 1.82) is 0 Å². The van der Waals surface area contributed by atoms with E-state index >= 15 is 0 Å². The number of aromatic nitrogens is 2. The molecule has 0 radical (unpaired) electrons. The minimum absolute atomic E-state index is 0.0921. The first kappa shape index (κ1) is 13.3. The summed E-state index contributed by atoms with van der Waals surface area (Å²) >= 11 is 0. The summed E-state index contributed by atoms with van der Waals surface area (Å²) in [6.45, 7) is 5.13. The molecule has 0 amide bonds. The molecule has 0 unspecified atom stereocenters. The number of para-hydroxylation sites is 1. The Hall–Kier alpha value is -2.10. The molecule has 0 aliphatic heterocycles. The standard InChI is InChI=1S/C15H18N2O2/c1-3-13(18)12-7-5-6-8-14(12)19-11-15-16-9-10-17(15)4-2/h5-10H,3-4,11H2,1-2H3.